The Morgan fingerprint density at radius 2 is 1.77 bits per heavy atom. The molecule has 3 aromatic heterocycles. The number of benzene rings is 1. The standard InChI is InChI=1S/C21H15F5N4O2S.C2HF3O2/c22-20(23)6-9-30(18(31)12-3-2-8-29-10-7-27-17(12)29)11-15(20)32-19-28-16-13(21(24,25)26)4-1-5-14(16)33-19;3-2(4,5)1(6)7/h1-5,7-8,10,15H,6,9,11H2;(H,6,7). The fourth-order valence-electron chi connectivity index (χ4n) is 3.79. The number of rotatable bonds is 3. The summed E-state index contributed by atoms with van der Waals surface area (Å²) in [6, 6.07) is 6.71. The number of thiazole rings is 1. The van der Waals surface area contributed by atoms with Gasteiger partial charge in [-0.05, 0) is 24.3 Å². The van der Waals surface area contributed by atoms with Gasteiger partial charge in [-0.1, -0.05) is 17.4 Å². The van der Waals surface area contributed by atoms with E-state index in [4.69, 9.17) is 14.6 Å². The van der Waals surface area contributed by atoms with Crippen LogP contribution in [0.4, 0.5) is 35.1 Å². The van der Waals surface area contributed by atoms with Crippen LogP contribution in [0.3, 0.4) is 0 Å². The number of ether oxygens (including phenoxy) is 1. The summed E-state index contributed by atoms with van der Waals surface area (Å²) in [4.78, 5) is 31.1. The number of halogens is 8. The van der Waals surface area contributed by atoms with Crippen molar-refractivity contribution in [1.29, 1.82) is 0 Å². The zero-order valence-electron chi connectivity index (χ0n) is 19.7. The molecule has 1 atom stereocenters. The summed E-state index contributed by atoms with van der Waals surface area (Å²) in [6.07, 6.45) is -7.26. The minimum Gasteiger partial charge on any atom is -0.475 e. The normalized spacial score (nSPS) is 17.4. The Hall–Kier alpha value is -4.02. The van der Waals surface area contributed by atoms with E-state index >= 15 is 0 Å². The summed E-state index contributed by atoms with van der Waals surface area (Å²) in [5.41, 5.74) is -0.682. The number of carbonyl (C=O) groups excluding carboxylic acids is 1. The number of carbonyl (C=O) groups is 2. The fraction of sp³-hybridized carbons (Fsp3) is 0.304. The molecule has 4 aromatic rings. The number of para-hydroxylation sites is 1. The molecule has 0 radical (unpaired) electrons. The van der Waals surface area contributed by atoms with Crippen molar-refractivity contribution in [3.05, 3.63) is 60.0 Å². The number of amides is 1. The van der Waals surface area contributed by atoms with Crippen LogP contribution in [0.5, 0.6) is 5.19 Å². The minimum atomic E-state index is -5.08. The van der Waals surface area contributed by atoms with E-state index in [1.165, 1.54) is 23.2 Å². The molecule has 1 amide bonds. The molecule has 17 heteroatoms. The topological polar surface area (TPSA) is 97.0 Å². The Balaban J connectivity index is 0.000000470. The molecule has 4 heterocycles. The van der Waals surface area contributed by atoms with Crippen LogP contribution in [0.15, 0.2) is 48.9 Å². The van der Waals surface area contributed by atoms with Gasteiger partial charge >= 0.3 is 18.3 Å². The number of aromatic nitrogens is 3. The number of carboxylic acid groups (broad SMARTS) is 1. The second-order valence-corrected chi connectivity index (χ2v) is 9.37. The molecule has 0 spiro atoms. The van der Waals surface area contributed by atoms with Crippen molar-refractivity contribution in [2.45, 2.75) is 30.8 Å². The number of alkyl halides is 8. The first kappa shape index (κ1) is 29.0. The van der Waals surface area contributed by atoms with E-state index < -0.39 is 54.8 Å². The van der Waals surface area contributed by atoms with Crippen LogP contribution in [0.2, 0.25) is 0 Å². The van der Waals surface area contributed by atoms with Crippen molar-refractivity contribution in [3.8, 4) is 5.19 Å². The third-order valence-corrected chi connectivity index (χ3v) is 6.61. The summed E-state index contributed by atoms with van der Waals surface area (Å²) in [5.74, 6) is -6.53. The van der Waals surface area contributed by atoms with Gasteiger partial charge in [0.25, 0.3) is 17.0 Å². The highest BCUT2D eigenvalue weighted by atomic mass is 32.1. The Labute approximate surface area is 222 Å². The van der Waals surface area contributed by atoms with Gasteiger partial charge in [0.05, 0.1) is 27.9 Å². The number of piperidine rings is 1. The first-order chi connectivity index (χ1) is 18.6. The molecule has 8 nitrogen and oxygen atoms in total. The Morgan fingerprint density at radius 3 is 2.42 bits per heavy atom. The summed E-state index contributed by atoms with van der Waals surface area (Å²) < 4.78 is 108. The van der Waals surface area contributed by atoms with E-state index in [2.05, 4.69) is 9.97 Å². The Bertz CT molecular complexity index is 1550. The van der Waals surface area contributed by atoms with Gasteiger partial charge in [-0.25, -0.2) is 23.5 Å². The maximum atomic E-state index is 14.6. The molecule has 5 rings (SSSR count). The zero-order chi connectivity index (χ0) is 29.5. The Morgan fingerprint density at radius 1 is 1.07 bits per heavy atom. The molecule has 214 valence electrons. The van der Waals surface area contributed by atoms with Crippen LogP contribution in [0.1, 0.15) is 22.3 Å². The predicted molar refractivity (Wildman–Crippen MR) is 123 cm³/mol. The number of likely N-dealkylation sites (tertiary alicyclic amines) is 1. The molecule has 0 bridgehead atoms. The van der Waals surface area contributed by atoms with Gasteiger partial charge in [0.2, 0.25) is 0 Å². The monoisotopic (exact) mass is 596 g/mol. The highest BCUT2D eigenvalue weighted by Crippen LogP contribution is 2.40. The molecule has 0 saturated carbocycles. The first-order valence-corrected chi connectivity index (χ1v) is 11.9. The number of imidazole rings is 1. The van der Waals surface area contributed by atoms with Crippen molar-refractivity contribution >= 4 is 39.1 Å². The van der Waals surface area contributed by atoms with Gasteiger partial charge in [0.1, 0.15) is 5.65 Å². The van der Waals surface area contributed by atoms with E-state index in [-0.39, 0.29) is 27.5 Å². The SMILES string of the molecule is O=C(O)C(F)(F)F.O=C(c1cccn2ccnc12)N1CCC(F)(F)C(Oc2nc3c(C(F)(F)F)cccc3s2)C1. The van der Waals surface area contributed by atoms with Gasteiger partial charge < -0.3 is 19.1 Å². The number of aliphatic carboxylic acids is 1. The number of carboxylic acids is 1. The van der Waals surface area contributed by atoms with E-state index in [0.717, 1.165) is 17.4 Å². The van der Waals surface area contributed by atoms with Gasteiger partial charge in [-0.3, -0.25) is 4.79 Å². The first-order valence-electron chi connectivity index (χ1n) is 11.1. The molecule has 1 aromatic carbocycles. The lowest BCUT2D eigenvalue weighted by Crippen LogP contribution is -2.55. The van der Waals surface area contributed by atoms with Crippen molar-refractivity contribution in [3.63, 3.8) is 0 Å². The maximum absolute atomic E-state index is 14.6. The summed E-state index contributed by atoms with van der Waals surface area (Å²) >= 11 is 0.748. The van der Waals surface area contributed by atoms with Gasteiger partial charge in [0.15, 0.2) is 6.10 Å². The molecule has 1 unspecified atom stereocenters. The number of pyridine rings is 1. The number of fused-ring (bicyclic) bond motifs is 2. The van der Waals surface area contributed by atoms with Crippen LogP contribution in [0.25, 0.3) is 15.9 Å². The molecule has 1 fully saturated rings. The third-order valence-electron chi connectivity index (χ3n) is 5.70. The van der Waals surface area contributed by atoms with E-state index in [9.17, 15) is 39.9 Å². The van der Waals surface area contributed by atoms with Crippen molar-refractivity contribution in [2.24, 2.45) is 0 Å². The van der Waals surface area contributed by atoms with Crippen LogP contribution in [0, 0.1) is 0 Å². The summed E-state index contributed by atoms with van der Waals surface area (Å²) in [5, 5.41) is 6.82. The molecule has 0 aliphatic carbocycles. The molecule has 1 aliphatic heterocycles. The largest absolute Gasteiger partial charge is 0.490 e. The number of hydrogen-bond acceptors (Lipinski definition) is 6. The molecule has 1 N–H and O–H groups in total. The minimum absolute atomic E-state index is 0.165. The van der Waals surface area contributed by atoms with Gasteiger partial charge in [-0.2, -0.15) is 26.3 Å². The lowest BCUT2D eigenvalue weighted by Gasteiger charge is -2.37. The lowest BCUT2D eigenvalue weighted by atomic mass is 10.0. The molecule has 1 saturated heterocycles. The zero-order valence-corrected chi connectivity index (χ0v) is 20.5. The van der Waals surface area contributed by atoms with Gasteiger partial charge in [0, 0.05) is 31.6 Å². The quantitative estimate of drug-likeness (QED) is 0.313. The van der Waals surface area contributed by atoms with Crippen LogP contribution >= 0.6 is 11.3 Å². The van der Waals surface area contributed by atoms with Crippen LogP contribution in [-0.4, -0.2) is 67.5 Å². The highest BCUT2D eigenvalue weighted by molar-refractivity contribution is 7.20. The average Bonchev–Trinajstić information content (AvgIpc) is 3.50. The molecule has 1 aliphatic rings. The maximum Gasteiger partial charge on any atom is 0.490 e. The van der Waals surface area contributed by atoms with Crippen LogP contribution < -0.4 is 4.74 Å². The number of hydrogen-bond donors (Lipinski definition) is 1. The average molecular weight is 596 g/mol. The highest BCUT2D eigenvalue weighted by Gasteiger charge is 2.48. The second kappa shape index (κ2) is 10.5. The molecular formula is C23H16F8N4O4S. The summed E-state index contributed by atoms with van der Waals surface area (Å²) in [7, 11) is 0. The summed E-state index contributed by atoms with van der Waals surface area (Å²) in [6.45, 7) is -0.652. The van der Waals surface area contributed by atoms with Crippen molar-refractivity contribution in [2.75, 3.05) is 13.1 Å². The lowest BCUT2D eigenvalue weighted by molar-refractivity contribution is -0.192. The molecular weight excluding hydrogens is 580 g/mol. The second-order valence-electron chi connectivity index (χ2n) is 8.38. The van der Waals surface area contributed by atoms with E-state index in [1.807, 2.05) is 0 Å². The number of nitrogens with zero attached hydrogens (tertiary/aromatic N) is 4. The van der Waals surface area contributed by atoms with Crippen LogP contribution in [-0.2, 0) is 11.0 Å². The fourth-order valence-corrected chi connectivity index (χ4v) is 4.68. The van der Waals surface area contributed by atoms with E-state index in [0.29, 0.717) is 5.65 Å². The van der Waals surface area contributed by atoms with Crippen molar-refractivity contribution in [1.82, 2.24) is 19.3 Å². The smallest absolute Gasteiger partial charge is 0.475 e. The Kier molecular flexibility index (Phi) is 7.62. The predicted octanol–water partition coefficient (Wildman–Crippen LogP) is 5.52. The van der Waals surface area contributed by atoms with Crippen molar-refractivity contribution < 1.29 is 54.6 Å². The van der Waals surface area contributed by atoms with E-state index in [1.54, 1.807) is 28.9 Å². The van der Waals surface area contributed by atoms with Gasteiger partial charge in [-0.15, -0.1) is 0 Å². The third kappa shape index (κ3) is 6.08. The molecule has 40 heavy (non-hydrogen) atoms.